The quantitative estimate of drug-likeness (QED) is 0.345. The fourth-order valence-corrected chi connectivity index (χ4v) is 3.93. The third-order valence-electron chi connectivity index (χ3n) is 5.92. The molecular formula is C31H30N2O2. The summed E-state index contributed by atoms with van der Waals surface area (Å²) >= 11 is 0. The van der Waals surface area contributed by atoms with E-state index in [0.717, 1.165) is 28.8 Å². The van der Waals surface area contributed by atoms with E-state index in [9.17, 15) is 9.59 Å². The lowest BCUT2D eigenvalue weighted by molar-refractivity contribution is -0.120. The number of aryl methyl sites for hydroxylation is 1. The van der Waals surface area contributed by atoms with E-state index >= 15 is 0 Å². The van der Waals surface area contributed by atoms with E-state index in [1.54, 1.807) is 4.90 Å². The lowest BCUT2D eigenvalue weighted by Crippen LogP contribution is -2.30. The number of rotatable bonds is 9. The number of carbonyl (C=O) groups is 2. The maximum Gasteiger partial charge on any atom is 0.258 e. The van der Waals surface area contributed by atoms with E-state index in [2.05, 4.69) is 17.4 Å². The highest BCUT2D eigenvalue weighted by atomic mass is 16.2. The molecule has 1 N–H and O–H groups in total. The molecule has 176 valence electrons. The summed E-state index contributed by atoms with van der Waals surface area (Å²) in [6, 6.07) is 35.4. The smallest absolute Gasteiger partial charge is 0.258 e. The van der Waals surface area contributed by atoms with Crippen molar-refractivity contribution < 1.29 is 9.59 Å². The summed E-state index contributed by atoms with van der Waals surface area (Å²) in [5, 5.41) is 2.99. The summed E-state index contributed by atoms with van der Waals surface area (Å²) in [6.07, 6.45) is 1.11. The fraction of sp³-hybridized carbons (Fsp3) is 0.161. The predicted octanol–water partition coefficient (Wildman–Crippen LogP) is 5.74. The van der Waals surface area contributed by atoms with Crippen LogP contribution in [0.3, 0.4) is 0 Å². The molecule has 0 aliphatic rings. The Hall–Kier alpha value is -4.18. The van der Waals surface area contributed by atoms with Crippen LogP contribution < -0.4 is 10.2 Å². The highest BCUT2D eigenvalue weighted by Crippen LogP contribution is 2.22. The molecule has 0 radical (unpaired) electrons. The van der Waals surface area contributed by atoms with Crippen LogP contribution in [0.15, 0.2) is 109 Å². The maximum absolute atomic E-state index is 13.4. The van der Waals surface area contributed by atoms with E-state index < -0.39 is 0 Å². The molecule has 4 aromatic rings. The molecule has 0 atom stereocenters. The van der Waals surface area contributed by atoms with Crippen LogP contribution in [0.2, 0.25) is 0 Å². The van der Waals surface area contributed by atoms with Gasteiger partial charge in [0.25, 0.3) is 5.91 Å². The Morgan fingerprint density at radius 3 is 1.91 bits per heavy atom. The van der Waals surface area contributed by atoms with Crippen molar-refractivity contribution in [2.45, 2.75) is 26.3 Å². The number of nitrogens with one attached hydrogen (secondary N) is 1. The zero-order valence-corrected chi connectivity index (χ0v) is 20.0. The molecule has 35 heavy (non-hydrogen) atoms. The minimum Gasteiger partial charge on any atom is -0.355 e. The Balaban J connectivity index is 1.43. The van der Waals surface area contributed by atoms with Gasteiger partial charge < -0.3 is 10.2 Å². The minimum absolute atomic E-state index is 0.00875. The summed E-state index contributed by atoms with van der Waals surface area (Å²) in [4.78, 5) is 27.6. The van der Waals surface area contributed by atoms with Gasteiger partial charge in [-0.3, -0.25) is 9.59 Å². The zero-order valence-electron chi connectivity index (χ0n) is 20.0. The summed E-state index contributed by atoms with van der Waals surface area (Å²) in [5.74, 6) is -0.0641. The second kappa shape index (κ2) is 11.8. The second-order valence-electron chi connectivity index (χ2n) is 8.67. The van der Waals surface area contributed by atoms with Gasteiger partial charge in [-0.05, 0) is 54.3 Å². The Bertz CT molecular complexity index is 1230. The molecule has 0 bridgehead atoms. The molecule has 0 aromatic heterocycles. The predicted molar refractivity (Wildman–Crippen MR) is 141 cm³/mol. The van der Waals surface area contributed by atoms with Crippen molar-refractivity contribution >= 4 is 17.5 Å². The third kappa shape index (κ3) is 6.90. The minimum atomic E-state index is -0.0553. The average molecular weight is 463 g/mol. The van der Waals surface area contributed by atoms with Crippen molar-refractivity contribution in [3.05, 3.63) is 137 Å². The first kappa shape index (κ1) is 24.0. The molecule has 0 aliphatic carbocycles. The van der Waals surface area contributed by atoms with Crippen LogP contribution >= 0.6 is 0 Å². The summed E-state index contributed by atoms with van der Waals surface area (Å²) in [5.41, 5.74) is 5.72. The standard InChI is InChI=1S/C31H30N2O2/c1-24-12-16-28(17-13-24)31(35)33(23-27-10-6-3-7-11-27)29-18-14-26(15-19-29)22-30(34)32-21-20-25-8-4-2-5-9-25/h2-19H,20-23H2,1H3,(H,32,34). The largest absolute Gasteiger partial charge is 0.355 e. The van der Waals surface area contributed by atoms with Gasteiger partial charge >= 0.3 is 0 Å². The van der Waals surface area contributed by atoms with Gasteiger partial charge in [-0.15, -0.1) is 0 Å². The molecule has 4 rings (SSSR count). The number of benzene rings is 4. The maximum atomic E-state index is 13.4. The molecular weight excluding hydrogens is 432 g/mol. The summed E-state index contributed by atoms with van der Waals surface area (Å²) in [7, 11) is 0. The van der Waals surface area contributed by atoms with Gasteiger partial charge in [0.05, 0.1) is 13.0 Å². The fourth-order valence-electron chi connectivity index (χ4n) is 3.93. The van der Waals surface area contributed by atoms with Gasteiger partial charge in [0.15, 0.2) is 0 Å². The number of nitrogens with zero attached hydrogens (tertiary/aromatic N) is 1. The van der Waals surface area contributed by atoms with Crippen LogP contribution in [-0.2, 0) is 24.2 Å². The van der Waals surface area contributed by atoms with Gasteiger partial charge in [-0.2, -0.15) is 0 Å². The molecule has 0 saturated carbocycles. The van der Waals surface area contributed by atoms with Crippen LogP contribution in [0.5, 0.6) is 0 Å². The number of carbonyl (C=O) groups excluding carboxylic acids is 2. The molecule has 0 heterocycles. The van der Waals surface area contributed by atoms with E-state index in [-0.39, 0.29) is 11.8 Å². The Morgan fingerprint density at radius 1 is 0.686 bits per heavy atom. The molecule has 0 unspecified atom stereocenters. The molecule has 4 aromatic carbocycles. The first-order chi connectivity index (χ1) is 17.1. The molecule has 4 nitrogen and oxygen atoms in total. The van der Waals surface area contributed by atoms with Gasteiger partial charge in [0.2, 0.25) is 5.91 Å². The van der Waals surface area contributed by atoms with Gasteiger partial charge in [-0.25, -0.2) is 0 Å². The van der Waals surface area contributed by atoms with Gasteiger partial charge in [0.1, 0.15) is 0 Å². The molecule has 0 saturated heterocycles. The second-order valence-corrected chi connectivity index (χ2v) is 8.67. The van der Waals surface area contributed by atoms with Crippen molar-refractivity contribution in [2.75, 3.05) is 11.4 Å². The van der Waals surface area contributed by atoms with Crippen molar-refractivity contribution in [3.8, 4) is 0 Å². The van der Waals surface area contributed by atoms with Crippen molar-refractivity contribution in [3.63, 3.8) is 0 Å². The van der Waals surface area contributed by atoms with Gasteiger partial charge in [-0.1, -0.05) is 90.5 Å². The molecule has 4 heteroatoms. The van der Waals surface area contributed by atoms with Crippen LogP contribution in [0.4, 0.5) is 5.69 Å². The SMILES string of the molecule is Cc1ccc(C(=O)N(Cc2ccccc2)c2ccc(CC(=O)NCCc3ccccc3)cc2)cc1. The lowest BCUT2D eigenvalue weighted by atomic mass is 10.1. The highest BCUT2D eigenvalue weighted by molar-refractivity contribution is 6.06. The van der Waals surface area contributed by atoms with Crippen molar-refractivity contribution in [1.29, 1.82) is 0 Å². The van der Waals surface area contributed by atoms with Crippen molar-refractivity contribution in [1.82, 2.24) is 5.32 Å². The van der Waals surface area contributed by atoms with E-state index in [4.69, 9.17) is 0 Å². The van der Waals surface area contributed by atoms with E-state index in [1.165, 1.54) is 5.56 Å². The number of amides is 2. The van der Waals surface area contributed by atoms with Crippen LogP contribution in [0.25, 0.3) is 0 Å². The summed E-state index contributed by atoms with van der Waals surface area (Å²) < 4.78 is 0. The third-order valence-corrected chi connectivity index (χ3v) is 5.92. The normalized spacial score (nSPS) is 10.5. The van der Waals surface area contributed by atoms with E-state index in [1.807, 2.05) is 104 Å². The monoisotopic (exact) mass is 462 g/mol. The zero-order chi connectivity index (χ0) is 24.5. The van der Waals surface area contributed by atoms with Crippen LogP contribution in [0.1, 0.15) is 32.6 Å². The highest BCUT2D eigenvalue weighted by Gasteiger charge is 2.18. The Labute approximate surface area is 207 Å². The number of hydrogen-bond donors (Lipinski definition) is 1. The number of anilines is 1. The van der Waals surface area contributed by atoms with Crippen molar-refractivity contribution in [2.24, 2.45) is 0 Å². The molecule has 0 aliphatic heterocycles. The average Bonchev–Trinajstić information content (AvgIpc) is 2.89. The first-order valence-electron chi connectivity index (χ1n) is 11.9. The van der Waals surface area contributed by atoms with E-state index in [0.29, 0.717) is 25.1 Å². The molecule has 2 amide bonds. The number of hydrogen-bond acceptors (Lipinski definition) is 2. The summed E-state index contributed by atoms with van der Waals surface area (Å²) in [6.45, 7) is 3.08. The first-order valence-corrected chi connectivity index (χ1v) is 11.9. The van der Waals surface area contributed by atoms with Crippen LogP contribution in [0, 0.1) is 6.92 Å². The Kier molecular flexibility index (Phi) is 8.08. The van der Waals surface area contributed by atoms with Gasteiger partial charge in [0, 0.05) is 17.8 Å². The lowest BCUT2D eigenvalue weighted by Gasteiger charge is -2.23. The topological polar surface area (TPSA) is 49.4 Å². The molecule has 0 fully saturated rings. The molecule has 0 spiro atoms. The van der Waals surface area contributed by atoms with Crippen LogP contribution in [-0.4, -0.2) is 18.4 Å². The Morgan fingerprint density at radius 2 is 1.29 bits per heavy atom.